The molecule has 1 aliphatic rings. The molecule has 0 saturated heterocycles. The van der Waals surface area contributed by atoms with E-state index in [2.05, 4.69) is 10.6 Å². The van der Waals surface area contributed by atoms with Crippen LogP contribution in [0.4, 0.5) is 4.79 Å². The molecule has 2 amide bonds. The number of hydrogen-bond donors (Lipinski definition) is 3. The zero-order chi connectivity index (χ0) is 11.5. The predicted molar refractivity (Wildman–Crippen MR) is 64.8 cm³/mol. The number of nitrogens with two attached hydrogens (primary N) is 1. The molecule has 0 aliphatic heterocycles. The largest absolute Gasteiger partial charge is 0.391 e. The molecule has 0 heterocycles. The highest BCUT2D eigenvalue weighted by Crippen LogP contribution is 2.29. The Balaban J connectivity index is 2.59. The second-order valence-electron chi connectivity index (χ2n) is 4.41. The van der Waals surface area contributed by atoms with Crippen LogP contribution in [0.25, 0.3) is 0 Å². The normalized spacial score (nSPS) is 18.9. The van der Waals surface area contributed by atoms with Crippen LogP contribution >= 0.6 is 12.2 Å². The Morgan fingerprint density at radius 2 is 1.93 bits per heavy atom. The van der Waals surface area contributed by atoms with E-state index < -0.39 is 5.54 Å². The van der Waals surface area contributed by atoms with Crippen LogP contribution in [0.3, 0.4) is 0 Å². The van der Waals surface area contributed by atoms with E-state index >= 15 is 0 Å². The number of carbonyl (C=O) groups is 1. The average Bonchev–Trinajstić information content (AvgIpc) is 2.52. The summed E-state index contributed by atoms with van der Waals surface area (Å²) in [6.45, 7) is 3.84. The molecule has 1 saturated carbocycles. The first-order chi connectivity index (χ1) is 6.96. The number of hydrogen-bond acceptors (Lipinski definition) is 2. The lowest BCUT2D eigenvalue weighted by atomic mass is 9.98. The Labute approximate surface area is 96.0 Å². The fourth-order valence-electron chi connectivity index (χ4n) is 1.93. The maximum absolute atomic E-state index is 11.6. The molecule has 0 atom stereocenters. The Hall–Kier alpha value is -0.840. The van der Waals surface area contributed by atoms with Gasteiger partial charge in [0.2, 0.25) is 0 Å². The SMILES string of the molecule is CC(C)NC(=O)NC1(C(N)=S)CCCC1. The lowest BCUT2D eigenvalue weighted by molar-refractivity contribution is 0.231. The van der Waals surface area contributed by atoms with E-state index in [0.717, 1.165) is 25.7 Å². The van der Waals surface area contributed by atoms with Crippen molar-refractivity contribution in [3.8, 4) is 0 Å². The zero-order valence-corrected chi connectivity index (χ0v) is 10.1. The lowest BCUT2D eigenvalue weighted by Crippen LogP contribution is -2.58. The number of carbonyl (C=O) groups excluding carboxylic acids is 1. The van der Waals surface area contributed by atoms with E-state index in [1.165, 1.54) is 0 Å². The van der Waals surface area contributed by atoms with Crippen LogP contribution in [-0.2, 0) is 0 Å². The van der Waals surface area contributed by atoms with Gasteiger partial charge in [-0.2, -0.15) is 0 Å². The summed E-state index contributed by atoms with van der Waals surface area (Å²) in [5.74, 6) is 0. The van der Waals surface area contributed by atoms with Gasteiger partial charge in [0.05, 0.1) is 10.5 Å². The highest BCUT2D eigenvalue weighted by atomic mass is 32.1. The second-order valence-corrected chi connectivity index (χ2v) is 4.85. The number of rotatable bonds is 3. The molecule has 0 aromatic rings. The van der Waals surface area contributed by atoms with Gasteiger partial charge in [-0.15, -0.1) is 0 Å². The lowest BCUT2D eigenvalue weighted by Gasteiger charge is -2.29. The van der Waals surface area contributed by atoms with Crippen molar-refractivity contribution in [1.82, 2.24) is 10.6 Å². The van der Waals surface area contributed by atoms with E-state index in [0.29, 0.717) is 4.99 Å². The van der Waals surface area contributed by atoms with Crippen molar-refractivity contribution < 1.29 is 4.79 Å². The number of urea groups is 1. The summed E-state index contributed by atoms with van der Waals surface area (Å²) in [7, 11) is 0. The van der Waals surface area contributed by atoms with Gasteiger partial charge in [-0.25, -0.2) is 4.79 Å². The second kappa shape index (κ2) is 4.79. The molecule has 0 unspecified atom stereocenters. The summed E-state index contributed by atoms with van der Waals surface area (Å²) in [5.41, 5.74) is 5.25. The van der Waals surface area contributed by atoms with Crippen molar-refractivity contribution in [2.75, 3.05) is 0 Å². The van der Waals surface area contributed by atoms with Crippen LogP contribution in [0.1, 0.15) is 39.5 Å². The van der Waals surface area contributed by atoms with Gasteiger partial charge in [-0.05, 0) is 26.7 Å². The van der Waals surface area contributed by atoms with Crippen molar-refractivity contribution in [1.29, 1.82) is 0 Å². The molecular weight excluding hydrogens is 210 g/mol. The molecule has 1 rings (SSSR count). The minimum Gasteiger partial charge on any atom is -0.391 e. The third-order valence-corrected chi connectivity index (χ3v) is 3.09. The van der Waals surface area contributed by atoms with E-state index in [9.17, 15) is 4.79 Å². The van der Waals surface area contributed by atoms with Crippen molar-refractivity contribution in [2.24, 2.45) is 5.73 Å². The summed E-state index contributed by atoms with van der Waals surface area (Å²) >= 11 is 5.03. The molecule has 4 N–H and O–H groups in total. The van der Waals surface area contributed by atoms with Gasteiger partial charge in [0, 0.05) is 6.04 Å². The fourth-order valence-corrected chi connectivity index (χ4v) is 2.18. The number of amides is 2. The molecule has 0 aromatic carbocycles. The van der Waals surface area contributed by atoms with Crippen molar-refractivity contribution in [3.63, 3.8) is 0 Å². The standard InChI is InChI=1S/C10H19N3OS/c1-7(2)12-9(14)13-10(8(11)15)5-3-4-6-10/h7H,3-6H2,1-2H3,(H2,11,15)(H2,12,13,14). The van der Waals surface area contributed by atoms with Gasteiger partial charge >= 0.3 is 6.03 Å². The van der Waals surface area contributed by atoms with Gasteiger partial charge in [-0.3, -0.25) is 0 Å². The minimum absolute atomic E-state index is 0.120. The molecule has 0 spiro atoms. The maximum Gasteiger partial charge on any atom is 0.315 e. The monoisotopic (exact) mass is 229 g/mol. The molecule has 1 aliphatic carbocycles. The first kappa shape index (κ1) is 12.2. The smallest absolute Gasteiger partial charge is 0.315 e. The molecule has 0 aromatic heterocycles. The van der Waals surface area contributed by atoms with Crippen LogP contribution in [0.15, 0.2) is 0 Å². The topological polar surface area (TPSA) is 67.2 Å². The summed E-state index contributed by atoms with van der Waals surface area (Å²) in [4.78, 5) is 12.0. The quantitative estimate of drug-likeness (QED) is 0.639. The van der Waals surface area contributed by atoms with Crippen molar-refractivity contribution in [2.45, 2.75) is 51.1 Å². The predicted octanol–water partition coefficient (Wildman–Crippen LogP) is 1.29. The zero-order valence-electron chi connectivity index (χ0n) is 9.30. The molecule has 15 heavy (non-hydrogen) atoms. The van der Waals surface area contributed by atoms with Gasteiger partial charge in [0.15, 0.2) is 0 Å². The van der Waals surface area contributed by atoms with Crippen LogP contribution in [0.5, 0.6) is 0 Å². The Morgan fingerprint density at radius 3 is 2.33 bits per heavy atom. The first-order valence-corrected chi connectivity index (χ1v) is 5.76. The molecule has 86 valence electrons. The summed E-state index contributed by atoms with van der Waals surface area (Å²) in [6, 6.07) is -0.0606. The highest BCUT2D eigenvalue weighted by molar-refractivity contribution is 7.80. The Bertz CT molecular complexity index is 259. The van der Waals surface area contributed by atoms with Gasteiger partial charge in [0.1, 0.15) is 0 Å². The molecule has 1 fully saturated rings. The summed E-state index contributed by atoms with van der Waals surface area (Å²) in [5, 5.41) is 5.69. The molecule has 0 radical (unpaired) electrons. The van der Waals surface area contributed by atoms with Gasteiger partial charge in [0.25, 0.3) is 0 Å². The van der Waals surface area contributed by atoms with Gasteiger partial charge < -0.3 is 16.4 Å². The maximum atomic E-state index is 11.6. The Morgan fingerprint density at radius 1 is 1.40 bits per heavy atom. The molecule has 4 nitrogen and oxygen atoms in total. The van der Waals surface area contributed by atoms with E-state index in [1.54, 1.807) is 0 Å². The van der Waals surface area contributed by atoms with Crippen LogP contribution in [0, 0.1) is 0 Å². The van der Waals surface area contributed by atoms with Crippen LogP contribution in [-0.4, -0.2) is 22.6 Å². The van der Waals surface area contributed by atoms with E-state index in [1.807, 2.05) is 13.8 Å². The molecule has 0 bridgehead atoms. The van der Waals surface area contributed by atoms with E-state index in [4.69, 9.17) is 18.0 Å². The third-order valence-electron chi connectivity index (χ3n) is 2.70. The summed E-state index contributed by atoms with van der Waals surface area (Å²) < 4.78 is 0. The average molecular weight is 229 g/mol. The molecular formula is C10H19N3OS. The number of thiocarbonyl (C=S) groups is 1. The summed E-state index contributed by atoms with van der Waals surface area (Å²) in [6.07, 6.45) is 3.85. The number of nitrogens with one attached hydrogen (secondary N) is 2. The van der Waals surface area contributed by atoms with Crippen LogP contribution in [0.2, 0.25) is 0 Å². The van der Waals surface area contributed by atoms with Gasteiger partial charge in [-0.1, -0.05) is 25.1 Å². The Kier molecular flexibility index (Phi) is 3.90. The highest BCUT2D eigenvalue weighted by Gasteiger charge is 2.38. The van der Waals surface area contributed by atoms with Crippen molar-refractivity contribution >= 4 is 23.2 Å². The van der Waals surface area contributed by atoms with Crippen molar-refractivity contribution in [3.05, 3.63) is 0 Å². The van der Waals surface area contributed by atoms with E-state index in [-0.39, 0.29) is 12.1 Å². The minimum atomic E-state index is -0.450. The third kappa shape index (κ3) is 3.06. The first-order valence-electron chi connectivity index (χ1n) is 5.35. The fraction of sp³-hybridized carbons (Fsp3) is 0.800. The van der Waals surface area contributed by atoms with Crippen LogP contribution < -0.4 is 16.4 Å². The molecule has 5 heteroatoms.